The van der Waals surface area contributed by atoms with Crippen LogP contribution in [0.5, 0.6) is 0 Å². The predicted octanol–water partition coefficient (Wildman–Crippen LogP) is 4.39. The molecule has 164 valence electrons. The van der Waals surface area contributed by atoms with E-state index >= 15 is 0 Å². The van der Waals surface area contributed by atoms with Crippen LogP contribution in [0, 0.1) is 0 Å². The van der Waals surface area contributed by atoms with Gasteiger partial charge in [-0.2, -0.15) is 5.21 Å². The van der Waals surface area contributed by atoms with Crippen molar-refractivity contribution in [3.63, 3.8) is 0 Å². The summed E-state index contributed by atoms with van der Waals surface area (Å²) in [5.74, 6) is 0.357. The first kappa shape index (κ1) is 21.6. The Morgan fingerprint density at radius 3 is 2.72 bits per heavy atom. The molecule has 1 atom stereocenters. The summed E-state index contributed by atoms with van der Waals surface area (Å²) in [7, 11) is 0. The van der Waals surface area contributed by atoms with E-state index in [2.05, 4.69) is 44.8 Å². The molecule has 0 aliphatic carbocycles. The second-order valence-electron chi connectivity index (χ2n) is 7.50. The van der Waals surface area contributed by atoms with Crippen molar-refractivity contribution in [1.29, 1.82) is 0 Å². The van der Waals surface area contributed by atoms with Crippen LogP contribution in [-0.4, -0.2) is 41.3 Å². The summed E-state index contributed by atoms with van der Waals surface area (Å²) >= 11 is 1.65. The zero-order chi connectivity index (χ0) is 22.5. The summed E-state index contributed by atoms with van der Waals surface area (Å²) in [5, 5.41) is 25.7. The molecule has 2 N–H and O–H groups in total. The van der Waals surface area contributed by atoms with Gasteiger partial charge in [0.15, 0.2) is 0 Å². The van der Waals surface area contributed by atoms with E-state index in [1.54, 1.807) is 23.5 Å². The summed E-state index contributed by atoms with van der Waals surface area (Å²) in [6.07, 6.45) is 4.87. The maximum Gasteiger partial charge on any atom is 0.335 e. The maximum atomic E-state index is 11.2. The van der Waals surface area contributed by atoms with Crippen molar-refractivity contribution in [3.8, 4) is 0 Å². The number of H-pyrrole nitrogens is 1. The zero-order valence-electron chi connectivity index (χ0n) is 17.7. The fraction of sp³-hybridized carbons (Fsp3) is 0.261. The van der Waals surface area contributed by atoms with Gasteiger partial charge in [-0.05, 0) is 40.8 Å². The van der Waals surface area contributed by atoms with Gasteiger partial charge in [0.1, 0.15) is 5.82 Å². The number of aromatic carboxylic acids is 1. The highest BCUT2D eigenvalue weighted by molar-refractivity contribution is 7.10. The van der Waals surface area contributed by atoms with Crippen molar-refractivity contribution in [2.24, 2.45) is 0 Å². The van der Waals surface area contributed by atoms with E-state index in [1.165, 1.54) is 0 Å². The molecule has 9 heteroatoms. The number of rotatable bonds is 10. The van der Waals surface area contributed by atoms with E-state index < -0.39 is 5.97 Å². The first-order chi connectivity index (χ1) is 15.6. The number of nitrogens with one attached hydrogen (secondary N) is 1. The number of hydrogen-bond donors (Lipinski definition) is 2. The molecule has 4 aromatic rings. The van der Waals surface area contributed by atoms with Gasteiger partial charge >= 0.3 is 5.97 Å². The highest BCUT2D eigenvalue weighted by atomic mass is 32.1. The Morgan fingerprint density at radius 2 is 2.09 bits per heavy atom. The second-order valence-corrected chi connectivity index (χ2v) is 8.48. The van der Waals surface area contributed by atoms with Crippen molar-refractivity contribution < 1.29 is 9.90 Å². The fourth-order valence-corrected chi connectivity index (χ4v) is 4.56. The highest BCUT2D eigenvalue weighted by Crippen LogP contribution is 2.38. The molecular formula is C23H24N6O2S. The van der Waals surface area contributed by atoms with Crippen LogP contribution >= 0.6 is 11.3 Å². The third-order valence-electron chi connectivity index (χ3n) is 5.37. The number of aryl methyl sites for hydroxylation is 1. The van der Waals surface area contributed by atoms with E-state index in [-0.39, 0.29) is 11.5 Å². The number of thiophene rings is 1. The average Bonchev–Trinajstić information content (AvgIpc) is 3.57. The Labute approximate surface area is 189 Å². The number of allylic oxidation sites excluding steroid dienone is 1. The maximum absolute atomic E-state index is 11.2. The number of carbonyl (C=O) groups is 1. The quantitative estimate of drug-likeness (QED) is 0.372. The lowest BCUT2D eigenvalue weighted by Gasteiger charge is -2.20. The van der Waals surface area contributed by atoms with E-state index in [1.807, 2.05) is 29.8 Å². The molecule has 1 aromatic carbocycles. The van der Waals surface area contributed by atoms with Crippen LogP contribution in [0.1, 0.15) is 63.8 Å². The topological polar surface area (TPSA) is 110 Å². The number of carboxylic acids is 1. The van der Waals surface area contributed by atoms with Crippen LogP contribution in [0.2, 0.25) is 0 Å². The zero-order valence-corrected chi connectivity index (χ0v) is 18.5. The number of carboxylic acid groups (broad SMARTS) is 1. The number of aromatic nitrogens is 6. The Balaban J connectivity index is 1.76. The van der Waals surface area contributed by atoms with Crippen molar-refractivity contribution in [3.05, 3.63) is 87.9 Å². The van der Waals surface area contributed by atoms with Crippen LogP contribution in [0.25, 0.3) is 5.57 Å². The van der Waals surface area contributed by atoms with Gasteiger partial charge < -0.3 is 9.67 Å². The van der Waals surface area contributed by atoms with Gasteiger partial charge in [-0.3, -0.25) is 0 Å². The summed E-state index contributed by atoms with van der Waals surface area (Å²) < 4.78 is 2.21. The van der Waals surface area contributed by atoms with Gasteiger partial charge in [0, 0.05) is 29.6 Å². The van der Waals surface area contributed by atoms with Crippen LogP contribution in [-0.2, 0) is 13.0 Å². The SMILES string of the molecule is C=C(c1nn[nH]n1)C(c1cccs1)c1cnc(CCCC)n1Cc1ccc(C(=O)O)cc1. The number of benzene rings is 1. The molecule has 0 spiro atoms. The standard InChI is InChI=1S/C23H24N6O2S/c1-3-4-7-20-24-13-18(29(20)14-16-8-10-17(11-9-16)23(30)31)21(19-6-5-12-32-19)15(2)22-25-27-28-26-22/h5-6,8-13,21H,2-4,7,14H2,1H3,(H,30,31)(H,25,26,27,28). The molecule has 0 radical (unpaired) electrons. The van der Waals surface area contributed by atoms with Crippen molar-refractivity contribution in [2.45, 2.75) is 38.6 Å². The first-order valence-electron chi connectivity index (χ1n) is 10.4. The number of tetrazole rings is 1. The van der Waals surface area contributed by atoms with Gasteiger partial charge in [0.2, 0.25) is 5.82 Å². The normalized spacial score (nSPS) is 12.0. The van der Waals surface area contributed by atoms with E-state index in [9.17, 15) is 9.90 Å². The lowest BCUT2D eigenvalue weighted by Crippen LogP contribution is -2.14. The minimum Gasteiger partial charge on any atom is -0.478 e. The lowest BCUT2D eigenvalue weighted by molar-refractivity contribution is 0.0697. The summed E-state index contributed by atoms with van der Waals surface area (Å²) in [6.45, 7) is 7.03. The smallest absolute Gasteiger partial charge is 0.335 e. The van der Waals surface area contributed by atoms with Crippen molar-refractivity contribution in [2.75, 3.05) is 0 Å². The van der Waals surface area contributed by atoms with Gasteiger partial charge in [-0.1, -0.05) is 38.1 Å². The third kappa shape index (κ3) is 4.52. The number of nitrogens with zero attached hydrogens (tertiary/aromatic N) is 5. The highest BCUT2D eigenvalue weighted by Gasteiger charge is 2.27. The molecule has 3 aromatic heterocycles. The van der Waals surface area contributed by atoms with E-state index in [0.717, 1.165) is 46.8 Å². The number of aromatic amines is 1. The molecule has 0 aliphatic heterocycles. The molecule has 8 nitrogen and oxygen atoms in total. The van der Waals surface area contributed by atoms with Crippen LogP contribution in [0.4, 0.5) is 0 Å². The fourth-order valence-electron chi connectivity index (χ4n) is 3.69. The van der Waals surface area contributed by atoms with Crippen LogP contribution in [0.15, 0.2) is 54.6 Å². The summed E-state index contributed by atoms with van der Waals surface area (Å²) in [6, 6.07) is 11.1. The van der Waals surface area contributed by atoms with Crippen molar-refractivity contribution in [1.82, 2.24) is 30.2 Å². The molecule has 32 heavy (non-hydrogen) atoms. The van der Waals surface area contributed by atoms with E-state index in [4.69, 9.17) is 4.98 Å². The molecule has 1 unspecified atom stereocenters. The Kier molecular flexibility index (Phi) is 6.55. The van der Waals surface area contributed by atoms with Gasteiger partial charge in [-0.25, -0.2) is 9.78 Å². The molecule has 4 rings (SSSR count). The lowest BCUT2D eigenvalue weighted by atomic mass is 9.94. The minimum atomic E-state index is -0.933. The molecular weight excluding hydrogens is 424 g/mol. The molecule has 0 saturated carbocycles. The monoisotopic (exact) mass is 448 g/mol. The van der Waals surface area contributed by atoms with Crippen molar-refractivity contribution >= 4 is 22.9 Å². The van der Waals surface area contributed by atoms with Gasteiger partial charge in [-0.15, -0.1) is 21.5 Å². The molecule has 3 heterocycles. The molecule has 0 aliphatic rings. The van der Waals surface area contributed by atoms with Gasteiger partial charge in [0.25, 0.3) is 0 Å². The molecule has 0 amide bonds. The predicted molar refractivity (Wildman–Crippen MR) is 123 cm³/mol. The Hall–Kier alpha value is -3.59. The molecule has 0 fully saturated rings. The van der Waals surface area contributed by atoms with E-state index in [0.29, 0.717) is 12.4 Å². The average molecular weight is 449 g/mol. The summed E-state index contributed by atoms with van der Waals surface area (Å²) in [4.78, 5) is 17.1. The number of unbranched alkanes of at least 4 members (excludes halogenated alkanes) is 1. The van der Waals surface area contributed by atoms with Gasteiger partial charge in [0.05, 0.1) is 17.2 Å². The molecule has 0 saturated heterocycles. The van der Waals surface area contributed by atoms with Crippen LogP contribution in [0.3, 0.4) is 0 Å². The Morgan fingerprint density at radius 1 is 1.28 bits per heavy atom. The summed E-state index contributed by atoms with van der Waals surface area (Å²) in [5.41, 5.74) is 3.01. The minimum absolute atomic E-state index is 0.172. The largest absolute Gasteiger partial charge is 0.478 e. The Bertz CT molecular complexity index is 1180. The number of hydrogen-bond acceptors (Lipinski definition) is 6. The molecule has 0 bridgehead atoms. The number of imidazole rings is 1. The third-order valence-corrected chi connectivity index (χ3v) is 6.31. The second kappa shape index (κ2) is 9.69. The van der Waals surface area contributed by atoms with Crippen LogP contribution < -0.4 is 0 Å². The first-order valence-corrected chi connectivity index (χ1v) is 11.3.